The van der Waals surface area contributed by atoms with Gasteiger partial charge in [0.2, 0.25) is 5.91 Å². The molecule has 0 aromatic heterocycles. The Morgan fingerprint density at radius 1 is 1.04 bits per heavy atom. The van der Waals surface area contributed by atoms with Crippen LogP contribution < -0.4 is 9.80 Å². The summed E-state index contributed by atoms with van der Waals surface area (Å²) in [5, 5.41) is 0. The van der Waals surface area contributed by atoms with Gasteiger partial charge in [-0.1, -0.05) is 43.3 Å². The lowest BCUT2D eigenvalue weighted by Gasteiger charge is -2.41. The highest BCUT2D eigenvalue weighted by Gasteiger charge is 2.30. The van der Waals surface area contributed by atoms with Crippen LogP contribution >= 0.6 is 0 Å². The number of fused-ring (bicyclic) bond motifs is 1. The van der Waals surface area contributed by atoms with Gasteiger partial charge in [-0.05, 0) is 36.6 Å². The van der Waals surface area contributed by atoms with Crippen molar-refractivity contribution in [1.82, 2.24) is 0 Å². The molecule has 0 radical (unpaired) electrons. The minimum absolute atomic E-state index is 0.108. The molecule has 0 saturated carbocycles. The fourth-order valence-electron chi connectivity index (χ4n) is 3.40. The van der Waals surface area contributed by atoms with Crippen LogP contribution in [-0.4, -0.2) is 18.5 Å². The molecule has 3 heteroatoms. The molecule has 0 saturated heterocycles. The highest BCUT2D eigenvalue weighted by molar-refractivity contribution is 5.97. The molecule has 1 atom stereocenters. The largest absolute Gasteiger partial charge is 0.363 e. The Hall–Kier alpha value is -2.29. The normalized spacial score (nSPS) is 17.1. The smallest absolute Gasteiger partial charge is 0.224 e. The Labute approximate surface area is 138 Å². The van der Waals surface area contributed by atoms with Gasteiger partial charge in [0, 0.05) is 20.0 Å². The monoisotopic (exact) mass is 308 g/mol. The summed E-state index contributed by atoms with van der Waals surface area (Å²) in [5.41, 5.74) is 4.83. The van der Waals surface area contributed by atoms with E-state index in [2.05, 4.69) is 49.1 Å². The third kappa shape index (κ3) is 3.09. The first kappa shape index (κ1) is 15.6. The van der Waals surface area contributed by atoms with E-state index in [0.717, 1.165) is 30.9 Å². The molecule has 1 heterocycles. The van der Waals surface area contributed by atoms with Crippen molar-refractivity contribution >= 4 is 17.3 Å². The maximum Gasteiger partial charge on any atom is 0.224 e. The predicted octanol–water partition coefficient (Wildman–Crippen LogP) is 4.01. The van der Waals surface area contributed by atoms with Gasteiger partial charge in [-0.15, -0.1) is 0 Å². The highest BCUT2D eigenvalue weighted by Crippen LogP contribution is 2.36. The lowest BCUT2D eigenvalue weighted by atomic mass is 10.1. The van der Waals surface area contributed by atoms with E-state index in [4.69, 9.17) is 0 Å². The van der Waals surface area contributed by atoms with Crippen molar-refractivity contribution in [2.45, 2.75) is 39.8 Å². The maximum atomic E-state index is 12.0. The quantitative estimate of drug-likeness (QED) is 0.855. The van der Waals surface area contributed by atoms with E-state index in [0.29, 0.717) is 0 Å². The predicted molar refractivity (Wildman–Crippen MR) is 95.9 cm³/mol. The summed E-state index contributed by atoms with van der Waals surface area (Å²) >= 11 is 0. The second-order valence-electron chi connectivity index (χ2n) is 6.28. The van der Waals surface area contributed by atoms with Crippen molar-refractivity contribution in [1.29, 1.82) is 0 Å². The molecule has 120 valence electrons. The second kappa shape index (κ2) is 6.45. The van der Waals surface area contributed by atoms with E-state index < -0.39 is 0 Å². The van der Waals surface area contributed by atoms with Gasteiger partial charge in [0.25, 0.3) is 0 Å². The first-order chi connectivity index (χ1) is 11.1. The van der Waals surface area contributed by atoms with E-state index >= 15 is 0 Å². The molecule has 2 aromatic rings. The van der Waals surface area contributed by atoms with Crippen LogP contribution in [0.1, 0.15) is 31.9 Å². The summed E-state index contributed by atoms with van der Waals surface area (Å²) in [7, 11) is 0. The van der Waals surface area contributed by atoms with Crippen molar-refractivity contribution < 1.29 is 4.79 Å². The Bertz CT molecular complexity index is 693. The maximum absolute atomic E-state index is 12.0. The average molecular weight is 308 g/mol. The Balaban J connectivity index is 1.90. The van der Waals surface area contributed by atoms with Crippen LogP contribution in [-0.2, 0) is 17.8 Å². The number of hydrogen-bond donors (Lipinski definition) is 0. The van der Waals surface area contributed by atoms with E-state index in [1.54, 1.807) is 6.92 Å². The van der Waals surface area contributed by atoms with Crippen molar-refractivity contribution in [3.05, 3.63) is 59.7 Å². The fraction of sp³-hybridized carbons (Fsp3) is 0.350. The lowest BCUT2D eigenvalue weighted by molar-refractivity contribution is -0.117. The summed E-state index contributed by atoms with van der Waals surface area (Å²) in [5.74, 6) is 0.108. The number of benzene rings is 2. The number of carbonyl (C=O) groups excluding carboxylic acids is 1. The number of nitrogens with zero attached hydrogens (tertiary/aromatic N) is 2. The SMILES string of the molecule is CCc1ccc(CN2CC(C)N(C(C)=O)c3ccccc32)cc1. The van der Waals surface area contributed by atoms with Crippen LogP contribution in [0.3, 0.4) is 0 Å². The number of rotatable bonds is 3. The van der Waals surface area contributed by atoms with Gasteiger partial charge in [0.15, 0.2) is 0 Å². The van der Waals surface area contributed by atoms with Crippen molar-refractivity contribution in [3.8, 4) is 0 Å². The van der Waals surface area contributed by atoms with Crippen molar-refractivity contribution in [2.24, 2.45) is 0 Å². The molecule has 1 amide bonds. The molecule has 1 unspecified atom stereocenters. The zero-order valence-electron chi connectivity index (χ0n) is 14.1. The Kier molecular flexibility index (Phi) is 4.37. The van der Waals surface area contributed by atoms with Gasteiger partial charge in [0.1, 0.15) is 0 Å². The zero-order valence-corrected chi connectivity index (χ0v) is 14.1. The third-order valence-corrected chi connectivity index (χ3v) is 4.55. The number of amides is 1. The molecule has 1 aliphatic rings. The van der Waals surface area contributed by atoms with Gasteiger partial charge < -0.3 is 9.80 Å². The summed E-state index contributed by atoms with van der Waals surface area (Å²) in [6.07, 6.45) is 1.07. The number of aryl methyl sites for hydroxylation is 1. The summed E-state index contributed by atoms with van der Waals surface area (Å²) in [6, 6.07) is 17.2. The molecular formula is C20H24N2O. The second-order valence-corrected chi connectivity index (χ2v) is 6.28. The first-order valence-corrected chi connectivity index (χ1v) is 8.31. The fourth-order valence-corrected chi connectivity index (χ4v) is 3.40. The molecule has 1 aliphatic heterocycles. The molecule has 0 aliphatic carbocycles. The van der Waals surface area contributed by atoms with Crippen LogP contribution in [0.25, 0.3) is 0 Å². The van der Waals surface area contributed by atoms with Crippen LogP contribution in [0.4, 0.5) is 11.4 Å². The van der Waals surface area contributed by atoms with E-state index in [-0.39, 0.29) is 11.9 Å². The molecule has 0 N–H and O–H groups in total. The van der Waals surface area contributed by atoms with Crippen LogP contribution in [0, 0.1) is 0 Å². The van der Waals surface area contributed by atoms with E-state index in [1.165, 1.54) is 11.1 Å². The standard InChI is InChI=1S/C20H24N2O/c1-4-17-9-11-18(12-10-17)14-21-13-15(2)22(16(3)23)20-8-6-5-7-19(20)21/h5-12,15H,4,13-14H2,1-3H3. The number of carbonyl (C=O) groups is 1. The Morgan fingerprint density at radius 3 is 2.26 bits per heavy atom. The van der Waals surface area contributed by atoms with Crippen molar-refractivity contribution in [2.75, 3.05) is 16.3 Å². The summed E-state index contributed by atoms with van der Waals surface area (Å²) in [6.45, 7) is 7.66. The number of anilines is 2. The molecule has 3 nitrogen and oxygen atoms in total. The molecule has 0 fully saturated rings. The van der Waals surface area contributed by atoms with Crippen molar-refractivity contribution in [3.63, 3.8) is 0 Å². The van der Waals surface area contributed by atoms with Crippen LogP contribution in [0.15, 0.2) is 48.5 Å². The van der Waals surface area contributed by atoms with Gasteiger partial charge >= 0.3 is 0 Å². The topological polar surface area (TPSA) is 23.6 Å². The minimum Gasteiger partial charge on any atom is -0.363 e. The Morgan fingerprint density at radius 2 is 1.65 bits per heavy atom. The molecule has 23 heavy (non-hydrogen) atoms. The molecule has 3 rings (SSSR count). The van der Waals surface area contributed by atoms with Gasteiger partial charge in [-0.25, -0.2) is 0 Å². The summed E-state index contributed by atoms with van der Waals surface area (Å²) in [4.78, 5) is 16.3. The number of hydrogen-bond acceptors (Lipinski definition) is 2. The molecule has 0 bridgehead atoms. The van der Waals surface area contributed by atoms with Crippen LogP contribution in [0.5, 0.6) is 0 Å². The molecule has 2 aromatic carbocycles. The van der Waals surface area contributed by atoms with Gasteiger partial charge in [-0.3, -0.25) is 4.79 Å². The zero-order chi connectivity index (χ0) is 16.4. The minimum atomic E-state index is 0.108. The average Bonchev–Trinajstić information content (AvgIpc) is 2.55. The van der Waals surface area contributed by atoms with Gasteiger partial charge in [-0.2, -0.15) is 0 Å². The van der Waals surface area contributed by atoms with Gasteiger partial charge in [0.05, 0.1) is 17.4 Å². The highest BCUT2D eigenvalue weighted by atomic mass is 16.2. The molecule has 0 spiro atoms. The molecular weight excluding hydrogens is 284 g/mol. The van der Waals surface area contributed by atoms with E-state index in [9.17, 15) is 4.79 Å². The first-order valence-electron chi connectivity index (χ1n) is 8.31. The summed E-state index contributed by atoms with van der Waals surface area (Å²) < 4.78 is 0. The third-order valence-electron chi connectivity index (χ3n) is 4.55. The van der Waals surface area contributed by atoms with Crippen LogP contribution in [0.2, 0.25) is 0 Å². The number of para-hydroxylation sites is 2. The van der Waals surface area contributed by atoms with E-state index in [1.807, 2.05) is 23.1 Å². The lowest BCUT2D eigenvalue weighted by Crippen LogP contribution is -2.49.